The lowest BCUT2D eigenvalue weighted by Crippen LogP contribution is -2.39. The first-order valence-electron chi connectivity index (χ1n) is 9.30. The highest BCUT2D eigenvalue weighted by Gasteiger charge is 2.32. The molecule has 2 N–H and O–H groups in total. The first kappa shape index (κ1) is 20.3. The Bertz CT molecular complexity index is 1030. The van der Waals surface area contributed by atoms with E-state index in [-0.39, 0.29) is 17.3 Å². The normalized spacial score (nSPS) is 17.5. The number of anilines is 1. The van der Waals surface area contributed by atoms with Gasteiger partial charge in [0.15, 0.2) is 0 Å². The second-order valence-corrected chi connectivity index (χ2v) is 6.91. The molecular formula is C19H18F5N5O. The van der Waals surface area contributed by atoms with Gasteiger partial charge in [-0.05, 0) is 49.7 Å². The van der Waals surface area contributed by atoms with Crippen molar-refractivity contribution in [1.82, 2.24) is 19.9 Å². The third-order valence-corrected chi connectivity index (χ3v) is 4.87. The molecule has 2 aromatic heterocycles. The Hall–Kier alpha value is -2.95. The number of nitrogens with zero attached hydrogens (tertiary/aromatic N) is 3. The summed E-state index contributed by atoms with van der Waals surface area (Å²) in [7, 11) is 0. The van der Waals surface area contributed by atoms with Crippen LogP contribution in [0.3, 0.4) is 0 Å². The van der Waals surface area contributed by atoms with Crippen LogP contribution in [0.1, 0.15) is 18.4 Å². The van der Waals surface area contributed by atoms with Crippen molar-refractivity contribution in [3.63, 3.8) is 0 Å². The number of alkyl halides is 5. The van der Waals surface area contributed by atoms with E-state index in [1.165, 1.54) is 0 Å². The van der Waals surface area contributed by atoms with Crippen LogP contribution in [0.15, 0.2) is 36.5 Å². The average Bonchev–Trinajstić information content (AvgIpc) is 3.19. The second kappa shape index (κ2) is 8.05. The van der Waals surface area contributed by atoms with Crippen molar-refractivity contribution in [2.75, 3.05) is 18.4 Å². The highest BCUT2D eigenvalue weighted by molar-refractivity contribution is 5.81. The van der Waals surface area contributed by atoms with E-state index < -0.39 is 24.1 Å². The Morgan fingerprint density at radius 3 is 2.73 bits per heavy atom. The largest absolute Gasteiger partial charge is 0.434 e. The molecule has 160 valence electrons. The molecule has 11 heteroatoms. The molecule has 1 saturated heterocycles. The van der Waals surface area contributed by atoms with Gasteiger partial charge in [0.25, 0.3) is 0 Å². The van der Waals surface area contributed by atoms with Crippen LogP contribution in [-0.4, -0.2) is 40.3 Å². The fraction of sp³-hybridized carbons (Fsp3) is 0.368. The zero-order valence-corrected chi connectivity index (χ0v) is 15.6. The van der Waals surface area contributed by atoms with E-state index >= 15 is 0 Å². The van der Waals surface area contributed by atoms with E-state index in [9.17, 15) is 22.0 Å². The molecule has 0 spiro atoms. The lowest BCUT2D eigenvalue weighted by molar-refractivity contribution is -0.138. The summed E-state index contributed by atoms with van der Waals surface area (Å²) in [5.74, 6) is -0.162. The van der Waals surface area contributed by atoms with Gasteiger partial charge in [-0.3, -0.25) is 4.40 Å². The maximum Gasteiger partial charge on any atom is 0.416 e. The molecule has 3 heterocycles. The van der Waals surface area contributed by atoms with Crippen LogP contribution in [0.2, 0.25) is 0 Å². The van der Waals surface area contributed by atoms with Gasteiger partial charge in [0.05, 0.1) is 11.1 Å². The van der Waals surface area contributed by atoms with E-state index in [4.69, 9.17) is 0 Å². The molecule has 6 nitrogen and oxygen atoms in total. The van der Waals surface area contributed by atoms with E-state index in [1.807, 2.05) is 0 Å². The number of hydrogen-bond acceptors (Lipinski definition) is 5. The van der Waals surface area contributed by atoms with Crippen LogP contribution in [0.4, 0.5) is 27.9 Å². The quantitative estimate of drug-likeness (QED) is 0.599. The van der Waals surface area contributed by atoms with Gasteiger partial charge in [-0.25, -0.2) is 0 Å². The number of ether oxygens (including phenoxy) is 1. The van der Waals surface area contributed by atoms with Gasteiger partial charge in [-0.1, -0.05) is 0 Å². The molecule has 30 heavy (non-hydrogen) atoms. The van der Waals surface area contributed by atoms with Crippen LogP contribution in [-0.2, 0) is 6.18 Å². The Morgan fingerprint density at radius 2 is 2.03 bits per heavy atom. The number of hydrogen-bond donors (Lipinski definition) is 2. The first-order valence-corrected chi connectivity index (χ1v) is 9.30. The molecule has 1 atom stereocenters. The second-order valence-electron chi connectivity index (χ2n) is 6.91. The van der Waals surface area contributed by atoms with Gasteiger partial charge in [0.1, 0.15) is 11.4 Å². The highest BCUT2D eigenvalue weighted by Crippen LogP contribution is 2.38. The minimum absolute atomic E-state index is 0.00890. The van der Waals surface area contributed by atoms with Gasteiger partial charge in [0, 0.05) is 24.3 Å². The third-order valence-electron chi connectivity index (χ3n) is 4.87. The fourth-order valence-electron chi connectivity index (χ4n) is 3.49. The monoisotopic (exact) mass is 427 g/mol. The summed E-state index contributed by atoms with van der Waals surface area (Å²) >= 11 is 0. The number of benzene rings is 1. The molecule has 0 bridgehead atoms. The third kappa shape index (κ3) is 4.16. The topological polar surface area (TPSA) is 63.5 Å². The Labute approximate surface area is 168 Å². The minimum atomic E-state index is -4.70. The van der Waals surface area contributed by atoms with Crippen LogP contribution in [0, 0.1) is 0 Å². The summed E-state index contributed by atoms with van der Waals surface area (Å²) in [6.07, 6.45) is -1.02. The molecule has 4 rings (SSSR count). The highest BCUT2D eigenvalue weighted by atomic mass is 19.4. The number of aromatic nitrogens is 3. The molecule has 1 aliphatic heterocycles. The molecule has 1 aliphatic rings. The Balaban J connectivity index is 1.76. The number of rotatable bonds is 5. The van der Waals surface area contributed by atoms with Crippen molar-refractivity contribution >= 4 is 11.5 Å². The summed E-state index contributed by atoms with van der Waals surface area (Å²) in [6.45, 7) is -1.58. The van der Waals surface area contributed by atoms with Crippen LogP contribution in [0.5, 0.6) is 5.75 Å². The van der Waals surface area contributed by atoms with E-state index in [0.29, 0.717) is 17.5 Å². The van der Waals surface area contributed by atoms with Crippen LogP contribution < -0.4 is 15.4 Å². The predicted molar refractivity (Wildman–Crippen MR) is 99.6 cm³/mol. The number of nitrogens with one attached hydrogen (secondary N) is 2. The Kier molecular flexibility index (Phi) is 5.46. The SMILES string of the molecule is FC(F)Oc1cc(C(F)(F)F)ccc1-c1nnc(N[C@@H]2CCCNC2)n2cccc12. The van der Waals surface area contributed by atoms with Gasteiger partial charge in [-0.2, -0.15) is 22.0 Å². The number of fused-ring (bicyclic) bond motifs is 1. The lowest BCUT2D eigenvalue weighted by Gasteiger charge is -2.24. The van der Waals surface area contributed by atoms with Gasteiger partial charge in [0.2, 0.25) is 5.95 Å². The van der Waals surface area contributed by atoms with E-state index in [1.54, 1.807) is 22.7 Å². The smallest absolute Gasteiger partial charge is 0.416 e. The summed E-state index contributed by atoms with van der Waals surface area (Å²) < 4.78 is 70.9. The molecule has 0 aliphatic carbocycles. The zero-order valence-electron chi connectivity index (χ0n) is 15.6. The van der Waals surface area contributed by atoms with E-state index in [0.717, 1.165) is 38.1 Å². The number of halogens is 5. The molecule has 3 aromatic rings. The maximum atomic E-state index is 13.0. The zero-order chi connectivity index (χ0) is 21.3. The van der Waals surface area contributed by atoms with Crippen molar-refractivity contribution in [2.45, 2.75) is 31.7 Å². The van der Waals surface area contributed by atoms with Crippen molar-refractivity contribution in [3.05, 3.63) is 42.1 Å². The lowest BCUT2D eigenvalue weighted by atomic mass is 10.1. The summed E-state index contributed by atoms with van der Waals surface area (Å²) in [4.78, 5) is 0. The van der Waals surface area contributed by atoms with Crippen molar-refractivity contribution in [2.24, 2.45) is 0 Å². The maximum absolute atomic E-state index is 13.0. The van der Waals surface area contributed by atoms with Gasteiger partial charge >= 0.3 is 12.8 Å². The fourth-order valence-corrected chi connectivity index (χ4v) is 3.49. The summed E-state index contributed by atoms with van der Waals surface area (Å²) in [5.41, 5.74) is -0.471. The molecule has 0 unspecified atom stereocenters. The average molecular weight is 427 g/mol. The molecule has 0 saturated carbocycles. The van der Waals surface area contributed by atoms with Crippen molar-refractivity contribution in [1.29, 1.82) is 0 Å². The molecule has 1 fully saturated rings. The molecular weight excluding hydrogens is 409 g/mol. The van der Waals surface area contributed by atoms with Gasteiger partial charge in [-0.15, -0.1) is 10.2 Å². The van der Waals surface area contributed by atoms with Crippen LogP contribution in [0.25, 0.3) is 16.8 Å². The molecule has 0 radical (unpaired) electrons. The van der Waals surface area contributed by atoms with Crippen LogP contribution >= 0.6 is 0 Å². The van der Waals surface area contributed by atoms with Crippen molar-refractivity contribution in [3.8, 4) is 17.0 Å². The van der Waals surface area contributed by atoms with E-state index in [2.05, 4.69) is 25.6 Å². The summed E-state index contributed by atoms with van der Waals surface area (Å²) in [6, 6.07) is 5.95. The minimum Gasteiger partial charge on any atom is -0.434 e. The number of piperidine rings is 1. The summed E-state index contributed by atoms with van der Waals surface area (Å²) in [5, 5.41) is 14.8. The van der Waals surface area contributed by atoms with Gasteiger partial charge < -0.3 is 15.4 Å². The standard InChI is InChI=1S/C19H18F5N5O/c20-17(21)30-15-9-11(19(22,23)24)5-6-13(15)16-14-4-2-8-29(14)18(28-27-16)26-12-3-1-7-25-10-12/h2,4-6,8-9,12,17,25H,1,3,7,10H2,(H,26,28)/t12-/m1/s1. The molecule has 1 aromatic carbocycles. The predicted octanol–water partition coefficient (Wildman–Crippen LogP) is 4.18. The van der Waals surface area contributed by atoms with Crippen molar-refractivity contribution < 1.29 is 26.7 Å². The Morgan fingerprint density at radius 1 is 1.20 bits per heavy atom. The first-order chi connectivity index (χ1) is 14.3. The molecule has 0 amide bonds.